The van der Waals surface area contributed by atoms with Crippen molar-refractivity contribution in [2.45, 2.75) is 25.6 Å². The highest BCUT2D eigenvalue weighted by molar-refractivity contribution is 5.50. The molecule has 0 spiro atoms. The molecule has 2 aromatic carbocycles. The van der Waals surface area contributed by atoms with Gasteiger partial charge in [0.2, 0.25) is 0 Å². The van der Waals surface area contributed by atoms with E-state index in [-0.39, 0.29) is 6.04 Å². The van der Waals surface area contributed by atoms with Crippen LogP contribution in [0.3, 0.4) is 0 Å². The lowest BCUT2D eigenvalue weighted by molar-refractivity contribution is 0.135. The van der Waals surface area contributed by atoms with E-state index in [1.54, 1.807) is 27.4 Å². The average Bonchev–Trinajstić information content (AvgIpc) is 2.65. The molecule has 2 atom stereocenters. The first-order valence-corrected chi connectivity index (χ1v) is 7.86. The normalized spacial score (nSPS) is 13.2. The molecule has 0 aliphatic heterocycles. The van der Waals surface area contributed by atoms with Crippen molar-refractivity contribution >= 4 is 0 Å². The maximum Gasteiger partial charge on any atom is 0.164 e. The van der Waals surface area contributed by atoms with Crippen LogP contribution in [0, 0.1) is 0 Å². The van der Waals surface area contributed by atoms with E-state index in [0.29, 0.717) is 23.8 Å². The molecular weight excluding hydrogens is 306 g/mol. The number of rotatable bonds is 8. The van der Waals surface area contributed by atoms with Crippen molar-refractivity contribution in [2.75, 3.05) is 21.3 Å². The van der Waals surface area contributed by atoms with E-state index in [2.05, 4.69) is 5.32 Å². The highest BCUT2D eigenvalue weighted by atomic mass is 16.5. The molecule has 0 saturated heterocycles. The summed E-state index contributed by atoms with van der Waals surface area (Å²) < 4.78 is 16.1. The Bertz CT molecular complexity index is 645. The molecule has 130 valence electrons. The number of aliphatic hydroxyl groups is 1. The Morgan fingerprint density at radius 2 is 1.50 bits per heavy atom. The second-order valence-electron chi connectivity index (χ2n) is 5.54. The summed E-state index contributed by atoms with van der Waals surface area (Å²) in [7, 11) is 4.81. The van der Waals surface area contributed by atoms with Crippen LogP contribution in [-0.2, 0) is 6.54 Å². The zero-order valence-electron chi connectivity index (χ0n) is 14.6. The molecule has 0 radical (unpaired) electrons. The fourth-order valence-electron chi connectivity index (χ4n) is 2.55. The van der Waals surface area contributed by atoms with Gasteiger partial charge < -0.3 is 24.6 Å². The number of methoxy groups -OCH3 is 3. The van der Waals surface area contributed by atoms with Gasteiger partial charge in [-0.3, -0.25) is 0 Å². The summed E-state index contributed by atoms with van der Waals surface area (Å²) in [5.41, 5.74) is 1.82. The Hall–Kier alpha value is -2.24. The van der Waals surface area contributed by atoms with E-state index in [4.69, 9.17) is 14.2 Å². The van der Waals surface area contributed by atoms with E-state index in [0.717, 1.165) is 11.1 Å². The van der Waals surface area contributed by atoms with E-state index in [1.165, 1.54) is 0 Å². The van der Waals surface area contributed by atoms with Gasteiger partial charge in [-0.25, -0.2) is 0 Å². The number of ether oxygens (including phenoxy) is 3. The van der Waals surface area contributed by atoms with E-state index in [9.17, 15) is 5.11 Å². The number of hydrogen-bond donors (Lipinski definition) is 2. The molecule has 0 saturated carbocycles. The van der Waals surface area contributed by atoms with Crippen molar-refractivity contribution in [1.82, 2.24) is 5.32 Å². The summed E-state index contributed by atoms with van der Waals surface area (Å²) in [5, 5.41) is 13.8. The Kier molecular flexibility index (Phi) is 6.46. The van der Waals surface area contributed by atoms with E-state index < -0.39 is 6.10 Å². The van der Waals surface area contributed by atoms with Gasteiger partial charge in [-0.15, -0.1) is 0 Å². The molecular formula is C19H25NO4. The predicted molar refractivity (Wildman–Crippen MR) is 93.8 cm³/mol. The third-order valence-corrected chi connectivity index (χ3v) is 4.02. The molecule has 2 aromatic rings. The van der Waals surface area contributed by atoms with E-state index >= 15 is 0 Å². The van der Waals surface area contributed by atoms with Crippen LogP contribution in [0.4, 0.5) is 0 Å². The standard InChI is InChI=1S/C19H25NO4/c1-13(19(21)14-8-6-5-7-9-14)20-12-15-10-17(23-3)18(24-4)11-16(15)22-2/h5-11,13,19-21H,12H2,1-4H3/t13-,19-/m0/s1. The minimum atomic E-state index is -0.586. The maximum absolute atomic E-state index is 10.4. The van der Waals surface area contributed by atoms with Gasteiger partial charge in [0.1, 0.15) is 5.75 Å². The Balaban J connectivity index is 2.10. The lowest BCUT2D eigenvalue weighted by Crippen LogP contribution is -2.31. The van der Waals surface area contributed by atoms with Gasteiger partial charge in [0.25, 0.3) is 0 Å². The van der Waals surface area contributed by atoms with Gasteiger partial charge in [-0.2, -0.15) is 0 Å². The quantitative estimate of drug-likeness (QED) is 0.779. The first kappa shape index (κ1) is 18.1. The lowest BCUT2D eigenvalue weighted by Gasteiger charge is -2.22. The molecule has 5 nitrogen and oxygen atoms in total. The second kappa shape index (κ2) is 8.57. The van der Waals surface area contributed by atoms with E-state index in [1.807, 2.05) is 43.3 Å². The van der Waals surface area contributed by atoms with Crippen molar-refractivity contribution in [3.8, 4) is 17.2 Å². The van der Waals surface area contributed by atoms with Crippen LogP contribution in [0.25, 0.3) is 0 Å². The third kappa shape index (κ3) is 4.19. The molecule has 2 N–H and O–H groups in total. The number of benzene rings is 2. The first-order valence-electron chi connectivity index (χ1n) is 7.86. The zero-order valence-corrected chi connectivity index (χ0v) is 14.6. The fourth-order valence-corrected chi connectivity index (χ4v) is 2.55. The molecule has 0 aromatic heterocycles. The largest absolute Gasteiger partial charge is 0.496 e. The Morgan fingerprint density at radius 3 is 2.08 bits per heavy atom. The smallest absolute Gasteiger partial charge is 0.164 e. The van der Waals surface area contributed by atoms with Crippen LogP contribution in [-0.4, -0.2) is 32.5 Å². The van der Waals surface area contributed by atoms with Crippen LogP contribution >= 0.6 is 0 Å². The highest BCUT2D eigenvalue weighted by Gasteiger charge is 2.17. The van der Waals surface area contributed by atoms with Gasteiger partial charge in [0.05, 0.1) is 27.4 Å². The molecule has 0 amide bonds. The summed E-state index contributed by atoms with van der Waals surface area (Å²) in [6.07, 6.45) is -0.586. The monoisotopic (exact) mass is 331 g/mol. The highest BCUT2D eigenvalue weighted by Crippen LogP contribution is 2.34. The van der Waals surface area contributed by atoms with Crippen molar-refractivity contribution in [3.63, 3.8) is 0 Å². The maximum atomic E-state index is 10.4. The summed E-state index contributed by atoms with van der Waals surface area (Å²) in [6, 6.07) is 13.2. The molecule has 5 heteroatoms. The molecule has 0 aliphatic carbocycles. The molecule has 0 unspecified atom stereocenters. The first-order chi connectivity index (χ1) is 11.6. The summed E-state index contributed by atoms with van der Waals surface area (Å²) in [5.74, 6) is 1.98. The Labute approximate surface area is 143 Å². The molecule has 2 rings (SSSR count). The minimum absolute atomic E-state index is 0.120. The number of nitrogens with one attached hydrogen (secondary N) is 1. The second-order valence-corrected chi connectivity index (χ2v) is 5.54. The molecule has 24 heavy (non-hydrogen) atoms. The minimum Gasteiger partial charge on any atom is -0.496 e. The average molecular weight is 331 g/mol. The lowest BCUT2D eigenvalue weighted by atomic mass is 10.0. The van der Waals surface area contributed by atoms with Gasteiger partial charge >= 0.3 is 0 Å². The summed E-state index contributed by atoms with van der Waals surface area (Å²) in [4.78, 5) is 0. The van der Waals surface area contributed by atoms with Crippen molar-refractivity contribution in [2.24, 2.45) is 0 Å². The van der Waals surface area contributed by atoms with Crippen LogP contribution in [0.2, 0.25) is 0 Å². The van der Waals surface area contributed by atoms with Gasteiger partial charge in [0, 0.05) is 24.2 Å². The number of aliphatic hydroxyl groups excluding tert-OH is 1. The Morgan fingerprint density at radius 1 is 0.917 bits per heavy atom. The topological polar surface area (TPSA) is 60.0 Å². The molecule has 0 heterocycles. The third-order valence-electron chi connectivity index (χ3n) is 4.02. The molecule has 0 bridgehead atoms. The SMILES string of the molecule is COc1cc(OC)c(OC)cc1CN[C@@H](C)[C@H](O)c1ccccc1. The zero-order chi connectivity index (χ0) is 17.5. The van der Waals surface area contributed by atoms with Crippen molar-refractivity contribution in [3.05, 3.63) is 53.6 Å². The molecule has 0 fully saturated rings. The van der Waals surface area contributed by atoms with Crippen LogP contribution in [0.5, 0.6) is 17.2 Å². The number of hydrogen-bond acceptors (Lipinski definition) is 5. The van der Waals surface area contributed by atoms with Crippen LogP contribution < -0.4 is 19.5 Å². The summed E-state index contributed by atoms with van der Waals surface area (Å²) >= 11 is 0. The van der Waals surface area contributed by atoms with Gasteiger partial charge in [-0.05, 0) is 18.6 Å². The van der Waals surface area contributed by atoms with Crippen molar-refractivity contribution in [1.29, 1.82) is 0 Å². The van der Waals surface area contributed by atoms with Crippen LogP contribution in [0.1, 0.15) is 24.2 Å². The fraction of sp³-hybridized carbons (Fsp3) is 0.368. The summed E-state index contributed by atoms with van der Waals surface area (Å²) in [6.45, 7) is 2.49. The van der Waals surface area contributed by atoms with Gasteiger partial charge in [-0.1, -0.05) is 30.3 Å². The van der Waals surface area contributed by atoms with Crippen LogP contribution in [0.15, 0.2) is 42.5 Å². The van der Waals surface area contributed by atoms with Gasteiger partial charge in [0.15, 0.2) is 11.5 Å². The predicted octanol–water partition coefficient (Wildman–Crippen LogP) is 2.92. The van der Waals surface area contributed by atoms with Crippen molar-refractivity contribution < 1.29 is 19.3 Å². The molecule has 0 aliphatic rings.